The van der Waals surface area contributed by atoms with Crippen molar-refractivity contribution in [2.24, 2.45) is 7.05 Å². The number of nitrogens with one attached hydrogen (secondary N) is 1. The van der Waals surface area contributed by atoms with Gasteiger partial charge in [0.1, 0.15) is 0 Å². The second-order valence-electron chi connectivity index (χ2n) is 5.78. The number of carbonyl (C=O) groups excluding carboxylic acids is 1. The second kappa shape index (κ2) is 6.17. The van der Waals surface area contributed by atoms with E-state index >= 15 is 0 Å². The van der Waals surface area contributed by atoms with E-state index in [0.717, 1.165) is 24.4 Å². The number of aromatic nitrogens is 3. The minimum absolute atomic E-state index is 0.0954. The summed E-state index contributed by atoms with van der Waals surface area (Å²) in [6.07, 6.45) is 3.54. The van der Waals surface area contributed by atoms with Crippen LogP contribution in [0.15, 0.2) is 30.3 Å². The number of likely N-dealkylation sites (N-methyl/N-ethyl adjacent to an activating group) is 1. The number of para-hydroxylation sites is 1. The third kappa shape index (κ3) is 3.10. The normalized spacial score (nSPS) is 14.5. The van der Waals surface area contributed by atoms with E-state index in [1.165, 1.54) is 6.42 Å². The molecule has 0 unspecified atom stereocenters. The van der Waals surface area contributed by atoms with E-state index < -0.39 is 0 Å². The summed E-state index contributed by atoms with van der Waals surface area (Å²) < 4.78 is 1.65. The monoisotopic (exact) mass is 299 g/mol. The predicted octanol–water partition coefficient (Wildman–Crippen LogP) is 2.16. The van der Waals surface area contributed by atoms with Crippen molar-refractivity contribution in [1.82, 2.24) is 14.8 Å². The lowest BCUT2D eigenvalue weighted by molar-refractivity contribution is -0.115. The van der Waals surface area contributed by atoms with Gasteiger partial charge in [-0.05, 0) is 25.0 Å². The zero-order valence-corrected chi connectivity index (χ0v) is 13.0. The lowest BCUT2D eigenvalue weighted by atomic mass is 9.85. The maximum atomic E-state index is 12.2. The fourth-order valence-corrected chi connectivity index (χ4v) is 2.51. The summed E-state index contributed by atoms with van der Waals surface area (Å²) in [5, 5.41) is 7.24. The highest BCUT2D eigenvalue weighted by atomic mass is 16.2. The van der Waals surface area contributed by atoms with Crippen LogP contribution in [0, 0.1) is 0 Å². The van der Waals surface area contributed by atoms with Gasteiger partial charge in [0.25, 0.3) is 0 Å². The van der Waals surface area contributed by atoms with E-state index in [-0.39, 0.29) is 12.5 Å². The van der Waals surface area contributed by atoms with E-state index in [2.05, 4.69) is 15.4 Å². The molecule has 1 aromatic heterocycles. The topological polar surface area (TPSA) is 63.1 Å². The molecule has 1 N–H and O–H groups in total. The number of benzene rings is 1. The predicted molar refractivity (Wildman–Crippen MR) is 85.9 cm³/mol. The lowest BCUT2D eigenvalue weighted by Gasteiger charge is -2.21. The number of amides is 1. The quantitative estimate of drug-likeness (QED) is 0.919. The first kappa shape index (κ1) is 14.6. The van der Waals surface area contributed by atoms with Gasteiger partial charge in [-0.3, -0.25) is 10.1 Å². The van der Waals surface area contributed by atoms with E-state index in [1.807, 2.05) is 49.3 Å². The summed E-state index contributed by atoms with van der Waals surface area (Å²) in [5.41, 5.74) is 1.01. The van der Waals surface area contributed by atoms with Gasteiger partial charge in [0.2, 0.25) is 11.9 Å². The lowest BCUT2D eigenvalue weighted by Crippen LogP contribution is -2.30. The zero-order valence-electron chi connectivity index (χ0n) is 13.0. The Bertz CT molecular complexity index is 648. The van der Waals surface area contributed by atoms with E-state index in [1.54, 1.807) is 4.68 Å². The largest absolute Gasteiger partial charge is 0.365 e. The third-order valence-electron chi connectivity index (χ3n) is 4.08. The van der Waals surface area contributed by atoms with Gasteiger partial charge in [-0.15, -0.1) is 0 Å². The molecule has 1 heterocycles. The van der Waals surface area contributed by atoms with Crippen molar-refractivity contribution >= 4 is 17.5 Å². The summed E-state index contributed by atoms with van der Waals surface area (Å²) in [5.74, 6) is 1.74. The average molecular weight is 299 g/mol. The Morgan fingerprint density at radius 3 is 2.73 bits per heavy atom. The molecule has 1 aliphatic rings. The highest BCUT2D eigenvalue weighted by Gasteiger charge is 2.25. The van der Waals surface area contributed by atoms with Crippen LogP contribution in [-0.4, -0.2) is 34.3 Å². The first-order valence-corrected chi connectivity index (χ1v) is 7.60. The molecule has 0 aliphatic heterocycles. The highest BCUT2D eigenvalue weighted by Crippen LogP contribution is 2.34. The summed E-state index contributed by atoms with van der Waals surface area (Å²) in [6, 6.07) is 9.82. The molecule has 1 amide bonds. The molecule has 116 valence electrons. The van der Waals surface area contributed by atoms with Crippen LogP contribution in [0.1, 0.15) is 31.0 Å². The molecule has 1 saturated carbocycles. The van der Waals surface area contributed by atoms with Crippen LogP contribution in [-0.2, 0) is 11.8 Å². The van der Waals surface area contributed by atoms with Gasteiger partial charge in [-0.2, -0.15) is 10.1 Å². The van der Waals surface area contributed by atoms with E-state index in [9.17, 15) is 4.79 Å². The van der Waals surface area contributed by atoms with Crippen molar-refractivity contribution in [1.29, 1.82) is 0 Å². The average Bonchev–Trinajstić information content (AvgIpc) is 2.78. The minimum atomic E-state index is -0.0954. The van der Waals surface area contributed by atoms with Gasteiger partial charge in [0, 0.05) is 25.7 Å². The van der Waals surface area contributed by atoms with Crippen molar-refractivity contribution < 1.29 is 4.79 Å². The van der Waals surface area contributed by atoms with E-state index in [4.69, 9.17) is 0 Å². The molecule has 6 heteroatoms. The van der Waals surface area contributed by atoms with Gasteiger partial charge in [-0.1, -0.05) is 24.6 Å². The van der Waals surface area contributed by atoms with Gasteiger partial charge < -0.3 is 4.90 Å². The molecule has 22 heavy (non-hydrogen) atoms. The number of hydrogen-bond donors (Lipinski definition) is 1. The number of aryl methyl sites for hydroxylation is 1. The molecular formula is C16H21N5O. The van der Waals surface area contributed by atoms with Crippen LogP contribution in [0.3, 0.4) is 0 Å². The molecule has 6 nitrogen and oxygen atoms in total. The SMILES string of the molecule is CN(CC(=O)Nc1nc(C2CCC2)nn1C)c1ccccc1. The van der Waals surface area contributed by atoms with E-state index in [0.29, 0.717) is 11.9 Å². The first-order chi connectivity index (χ1) is 10.6. The molecule has 0 radical (unpaired) electrons. The first-order valence-electron chi connectivity index (χ1n) is 7.60. The van der Waals surface area contributed by atoms with Gasteiger partial charge in [-0.25, -0.2) is 4.68 Å². The van der Waals surface area contributed by atoms with Crippen LogP contribution in [0.5, 0.6) is 0 Å². The summed E-state index contributed by atoms with van der Waals surface area (Å²) >= 11 is 0. The molecule has 1 fully saturated rings. The van der Waals surface area contributed by atoms with Crippen molar-refractivity contribution in [2.75, 3.05) is 23.8 Å². The Hall–Kier alpha value is -2.37. The van der Waals surface area contributed by atoms with Crippen molar-refractivity contribution in [2.45, 2.75) is 25.2 Å². The molecule has 0 saturated heterocycles. The number of nitrogens with zero attached hydrogens (tertiary/aromatic N) is 4. The highest BCUT2D eigenvalue weighted by molar-refractivity contribution is 5.92. The Balaban J connectivity index is 1.60. The van der Waals surface area contributed by atoms with Crippen LogP contribution >= 0.6 is 0 Å². The van der Waals surface area contributed by atoms with Crippen molar-refractivity contribution in [3.8, 4) is 0 Å². The zero-order chi connectivity index (χ0) is 15.5. The number of rotatable bonds is 5. The van der Waals surface area contributed by atoms with Gasteiger partial charge >= 0.3 is 0 Å². The van der Waals surface area contributed by atoms with Crippen LogP contribution in [0.25, 0.3) is 0 Å². The van der Waals surface area contributed by atoms with Crippen LogP contribution in [0.4, 0.5) is 11.6 Å². The fourth-order valence-electron chi connectivity index (χ4n) is 2.51. The number of hydrogen-bond acceptors (Lipinski definition) is 4. The fraction of sp³-hybridized carbons (Fsp3) is 0.438. The Labute approximate surface area is 130 Å². The molecule has 0 spiro atoms. The van der Waals surface area contributed by atoms with Crippen molar-refractivity contribution in [3.05, 3.63) is 36.2 Å². The Morgan fingerprint density at radius 1 is 1.36 bits per heavy atom. The maximum Gasteiger partial charge on any atom is 0.246 e. The van der Waals surface area contributed by atoms with Crippen LogP contribution < -0.4 is 10.2 Å². The standard InChI is InChI=1S/C16H21N5O/c1-20(13-9-4-3-5-10-13)11-14(22)17-16-18-15(19-21(16)2)12-7-6-8-12/h3-5,9-10,12H,6-8,11H2,1-2H3,(H,17,18,19,22). The molecular weight excluding hydrogens is 278 g/mol. The molecule has 2 aromatic rings. The second-order valence-corrected chi connectivity index (χ2v) is 5.78. The summed E-state index contributed by atoms with van der Waals surface area (Å²) in [7, 11) is 3.71. The minimum Gasteiger partial charge on any atom is -0.365 e. The van der Waals surface area contributed by atoms with Crippen LogP contribution in [0.2, 0.25) is 0 Å². The smallest absolute Gasteiger partial charge is 0.246 e. The molecule has 0 bridgehead atoms. The summed E-state index contributed by atoms with van der Waals surface area (Å²) in [4.78, 5) is 18.5. The maximum absolute atomic E-state index is 12.2. The van der Waals surface area contributed by atoms with Gasteiger partial charge in [0.05, 0.1) is 6.54 Å². The third-order valence-corrected chi connectivity index (χ3v) is 4.08. The summed E-state index contributed by atoms with van der Waals surface area (Å²) in [6.45, 7) is 0.273. The van der Waals surface area contributed by atoms with Gasteiger partial charge in [0.15, 0.2) is 5.82 Å². The Morgan fingerprint density at radius 2 is 2.09 bits per heavy atom. The van der Waals surface area contributed by atoms with Crippen molar-refractivity contribution in [3.63, 3.8) is 0 Å². The Kier molecular flexibility index (Phi) is 4.09. The molecule has 3 rings (SSSR count). The molecule has 1 aromatic carbocycles. The molecule has 1 aliphatic carbocycles. The number of carbonyl (C=O) groups is 1. The molecule has 0 atom stereocenters. The number of anilines is 2.